The third-order valence-electron chi connectivity index (χ3n) is 21.3. The summed E-state index contributed by atoms with van der Waals surface area (Å²) in [4.78, 5) is 40.3. The molecular weight excluding hydrogens is 1050 g/mol. The maximum absolute atomic E-state index is 13.9. The monoisotopic (exact) mass is 1140 g/mol. The number of carbonyl (C=O) groups excluding carboxylic acids is 2. The van der Waals surface area contributed by atoms with Crippen LogP contribution >= 0.6 is 0 Å². The van der Waals surface area contributed by atoms with Gasteiger partial charge in [0.1, 0.15) is 67.1 Å². The van der Waals surface area contributed by atoms with E-state index in [1.165, 1.54) is 0 Å². The van der Waals surface area contributed by atoms with Crippen molar-refractivity contribution in [1.82, 2.24) is 0 Å². The van der Waals surface area contributed by atoms with Crippen LogP contribution in [0.4, 0.5) is 0 Å². The molecule has 5 aliphatic carbocycles. The zero-order chi connectivity index (χ0) is 59.3. The van der Waals surface area contributed by atoms with Crippen molar-refractivity contribution in [2.45, 2.75) is 231 Å². The van der Waals surface area contributed by atoms with Gasteiger partial charge in [-0.25, -0.2) is 14.4 Å². The highest BCUT2D eigenvalue weighted by molar-refractivity contribution is 5.89. The van der Waals surface area contributed by atoms with Crippen LogP contribution in [0.15, 0.2) is 34.9 Å². The fourth-order valence-electron chi connectivity index (χ4n) is 16.2. The second-order valence-electron chi connectivity index (χ2n) is 26.1. The Morgan fingerprint density at radius 3 is 1.86 bits per heavy atom. The van der Waals surface area contributed by atoms with E-state index < -0.39 is 193 Å². The van der Waals surface area contributed by atoms with E-state index >= 15 is 0 Å². The summed E-state index contributed by atoms with van der Waals surface area (Å²) in [5.41, 5.74) is -4.41. The fraction of sp³-hybridized carbons (Fsp3) is 0.842. The van der Waals surface area contributed by atoms with Crippen LogP contribution in [0, 0.1) is 50.2 Å². The first-order chi connectivity index (χ1) is 37.3. The van der Waals surface area contributed by atoms with Crippen molar-refractivity contribution in [1.29, 1.82) is 0 Å². The van der Waals surface area contributed by atoms with Crippen molar-refractivity contribution >= 4 is 17.9 Å². The van der Waals surface area contributed by atoms with E-state index in [4.69, 9.17) is 37.9 Å². The molecular formula is C57H88O23. The number of carbonyl (C=O) groups is 3. The number of rotatable bonds is 13. The van der Waals surface area contributed by atoms with E-state index in [2.05, 4.69) is 19.9 Å². The molecule has 3 heterocycles. The highest BCUT2D eigenvalue weighted by Gasteiger charge is 2.76. The molecule has 0 aromatic rings. The van der Waals surface area contributed by atoms with Gasteiger partial charge in [0.2, 0.25) is 0 Å². The van der Waals surface area contributed by atoms with Gasteiger partial charge >= 0.3 is 17.9 Å². The third kappa shape index (κ3) is 9.85. The minimum atomic E-state index is -2.13. The molecule has 0 aromatic heterocycles. The van der Waals surface area contributed by atoms with E-state index in [-0.39, 0.29) is 23.8 Å². The molecule has 8 aliphatic rings. The molecule has 454 valence electrons. The Labute approximate surface area is 466 Å². The molecule has 23 nitrogen and oxygen atoms in total. The van der Waals surface area contributed by atoms with E-state index in [0.29, 0.717) is 37.7 Å². The van der Waals surface area contributed by atoms with Crippen molar-refractivity contribution in [2.24, 2.45) is 50.2 Å². The van der Waals surface area contributed by atoms with Crippen LogP contribution in [-0.4, -0.2) is 216 Å². The number of carboxylic acids is 1. The van der Waals surface area contributed by atoms with Crippen molar-refractivity contribution in [3.05, 3.63) is 34.9 Å². The van der Waals surface area contributed by atoms with Gasteiger partial charge in [-0.3, -0.25) is 0 Å². The lowest BCUT2D eigenvalue weighted by Crippen LogP contribution is -2.76. The van der Waals surface area contributed by atoms with E-state index in [1.54, 1.807) is 39.8 Å². The Bertz CT molecular complexity index is 2390. The van der Waals surface area contributed by atoms with E-state index in [9.17, 15) is 75.7 Å². The van der Waals surface area contributed by atoms with Crippen molar-refractivity contribution in [3.63, 3.8) is 0 Å². The van der Waals surface area contributed by atoms with Gasteiger partial charge in [0.15, 0.2) is 31.1 Å². The summed E-state index contributed by atoms with van der Waals surface area (Å²) in [6, 6.07) is 0. The predicted octanol–water partition coefficient (Wildman–Crippen LogP) is 0.263. The van der Waals surface area contributed by atoms with Crippen LogP contribution in [0.2, 0.25) is 0 Å². The smallest absolute Gasteiger partial charge is 0.335 e. The van der Waals surface area contributed by atoms with Gasteiger partial charge in [0, 0.05) is 22.0 Å². The molecule has 3 aliphatic heterocycles. The van der Waals surface area contributed by atoms with Crippen molar-refractivity contribution in [3.8, 4) is 0 Å². The number of carboxylic acid groups (broad SMARTS) is 1. The molecule has 26 atom stereocenters. The molecule has 12 N–H and O–H groups in total. The summed E-state index contributed by atoms with van der Waals surface area (Å²) in [6.45, 7) is 18.6. The SMILES string of the molecule is C/C=C(/C)C(=O)O[C@H]1[C@H](OC(=O)/C(C)=C\C)[C@]2(CO)[C@H](O)[C@H](O)[C@]3(C)C(=CC[C@@H]4[C@@]5(C)CC[C@H](O[C@@H]6O[C@H](C(=O)O)[C@@H](O)[C@H](O[C@@H]7OC[C@@H](O)[C@H](O)[C@H]7O)[C@H]6O[C@@H]6O[C@H](CO)[C@H](O)[C@H](O)[C@H]6O)C(C)(C)[C@@H]5CC[C@]43C)[C@@H]2CC1(C)C. The number of allylic oxidation sites excluding steroid dienone is 3. The molecule has 23 heteroatoms. The second kappa shape index (κ2) is 22.7. The number of aliphatic carboxylic acids is 1. The molecule has 0 bridgehead atoms. The molecule has 0 unspecified atom stereocenters. The van der Waals surface area contributed by atoms with Gasteiger partial charge < -0.3 is 99.2 Å². The summed E-state index contributed by atoms with van der Waals surface area (Å²) < 4.78 is 48.9. The standard InChI is InChI=1S/C57H88O23/c1-12-24(3)47(71)79-44-45(80-48(72)25(4)13-2)57(23-59)27(20-52(44,5)6)26-14-15-31-54(9)18-17-32(53(7,8)30(54)16-19-55(31,10)56(26,11)42(67)43(57)68)75-51-41(78-50-37(65)35(63)34(62)29(21-58)74-50)39(38(66)40(77-51)46(69)70)76-49-36(64)33(61)28(60)22-73-49/h12-14,27-45,49-51,58-68H,15-23H2,1-11H3,(H,69,70)/b24-12-,25-13-/t27-,28+,29+,30-,31+,32-,33-,34-,35-,36+,37+,38-,39-,40-,41+,42-,43+,44-,45-,49-,50-,51+,54-,55+,56-,57-/m0/s1. The van der Waals surface area contributed by atoms with E-state index in [0.717, 1.165) is 5.57 Å². The predicted molar refractivity (Wildman–Crippen MR) is 277 cm³/mol. The minimum absolute atomic E-state index is 0.153. The summed E-state index contributed by atoms with van der Waals surface area (Å²) in [5, 5.41) is 134. The number of fused-ring (bicyclic) bond motifs is 7. The number of aliphatic hydroxyl groups is 11. The maximum atomic E-state index is 13.9. The molecule has 0 radical (unpaired) electrons. The van der Waals surface area contributed by atoms with Gasteiger partial charge in [0.05, 0.1) is 43.5 Å². The Morgan fingerprint density at radius 1 is 0.675 bits per heavy atom. The van der Waals surface area contributed by atoms with Crippen LogP contribution in [-0.2, 0) is 52.3 Å². The average Bonchev–Trinajstić information content (AvgIpc) is 1.80. The molecule has 0 spiro atoms. The lowest BCUT2D eigenvalue weighted by atomic mass is 9.32. The minimum Gasteiger partial charge on any atom is -0.479 e. The molecule has 3 saturated heterocycles. The molecule has 4 saturated carbocycles. The first-order valence-corrected chi connectivity index (χ1v) is 28.1. The van der Waals surface area contributed by atoms with Crippen LogP contribution in [0.25, 0.3) is 0 Å². The van der Waals surface area contributed by atoms with Gasteiger partial charge in [-0.1, -0.05) is 72.3 Å². The first kappa shape index (κ1) is 63.0. The molecule has 0 amide bonds. The first-order valence-electron chi connectivity index (χ1n) is 28.1. The van der Waals surface area contributed by atoms with Crippen LogP contribution in [0.3, 0.4) is 0 Å². The quantitative estimate of drug-likeness (QED) is 0.0509. The highest BCUT2D eigenvalue weighted by Crippen LogP contribution is 2.76. The highest BCUT2D eigenvalue weighted by atomic mass is 16.8. The fourth-order valence-corrected chi connectivity index (χ4v) is 16.2. The van der Waals surface area contributed by atoms with Gasteiger partial charge in [0.25, 0.3) is 0 Å². The molecule has 80 heavy (non-hydrogen) atoms. The largest absolute Gasteiger partial charge is 0.479 e. The van der Waals surface area contributed by atoms with E-state index in [1.807, 2.05) is 34.6 Å². The molecule has 8 rings (SSSR count). The Kier molecular flexibility index (Phi) is 17.9. The lowest BCUT2D eigenvalue weighted by Gasteiger charge is -2.73. The molecule has 7 fully saturated rings. The third-order valence-corrected chi connectivity index (χ3v) is 21.3. The van der Waals surface area contributed by atoms with Gasteiger partial charge in [-0.2, -0.15) is 0 Å². The number of aliphatic hydroxyl groups excluding tert-OH is 11. The second-order valence-corrected chi connectivity index (χ2v) is 26.1. The van der Waals surface area contributed by atoms with Crippen LogP contribution in [0.1, 0.15) is 115 Å². The Morgan fingerprint density at radius 2 is 1.27 bits per heavy atom. The van der Waals surface area contributed by atoms with Crippen molar-refractivity contribution in [2.75, 3.05) is 19.8 Å². The Balaban J connectivity index is 1.14. The number of hydrogen-bond acceptors (Lipinski definition) is 22. The number of ether oxygens (including phenoxy) is 8. The summed E-state index contributed by atoms with van der Waals surface area (Å²) >= 11 is 0. The van der Waals surface area contributed by atoms with Gasteiger partial charge in [-0.15, -0.1) is 0 Å². The van der Waals surface area contributed by atoms with Crippen LogP contribution < -0.4 is 0 Å². The normalized spacial score (nSPS) is 49.2. The lowest BCUT2D eigenvalue weighted by molar-refractivity contribution is -0.392. The topological polar surface area (TPSA) is 368 Å². The van der Waals surface area contributed by atoms with Crippen LogP contribution in [0.5, 0.6) is 0 Å². The summed E-state index contributed by atoms with van der Waals surface area (Å²) in [6.07, 6.45) is -24.4. The summed E-state index contributed by atoms with van der Waals surface area (Å²) in [7, 11) is 0. The van der Waals surface area contributed by atoms with Crippen molar-refractivity contribution < 1.29 is 114 Å². The average molecular weight is 1140 g/mol. The number of hydrogen-bond donors (Lipinski definition) is 12. The number of esters is 2. The Hall–Kier alpha value is -3.05. The zero-order valence-corrected chi connectivity index (χ0v) is 47.7. The van der Waals surface area contributed by atoms with Gasteiger partial charge in [-0.05, 0) is 100 Å². The maximum Gasteiger partial charge on any atom is 0.335 e. The summed E-state index contributed by atoms with van der Waals surface area (Å²) in [5.74, 6) is -4.02. The molecule has 0 aromatic carbocycles. The zero-order valence-electron chi connectivity index (χ0n) is 47.7.